The third-order valence-corrected chi connectivity index (χ3v) is 8.36. The van der Waals surface area contributed by atoms with Crippen LogP contribution in [-0.2, 0) is 6.42 Å². The Morgan fingerprint density at radius 2 is 2.06 bits per heavy atom. The molecule has 8 heteroatoms. The van der Waals surface area contributed by atoms with E-state index in [-0.39, 0.29) is 17.9 Å². The molecule has 6 nitrogen and oxygen atoms in total. The fourth-order valence-electron chi connectivity index (χ4n) is 5.36. The van der Waals surface area contributed by atoms with Crippen LogP contribution in [0.4, 0.5) is 0 Å². The van der Waals surface area contributed by atoms with Crippen LogP contribution in [0.25, 0.3) is 16.1 Å². The number of nitrogens with one attached hydrogen (secondary N) is 1. The molecule has 3 atom stereocenters. The maximum absolute atomic E-state index is 13.8. The summed E-state index contributed by atoms with van der Waals surface area (Å²) in [6.45, 7) is 3.24. The smallest absolute Gasteiger partial charge is 0.270 e. The summed E-state index contributed by atoms with van der Waals surface area (Å²) in [6.07, 6.45) is 3.58. The number of piperidine rings is 1. The second kappa shape index (κ2) is 8.81. The molecule has 35 heavy (non-hydrogen) atoms. The molecular weight excluding hydrogens is 480 g/mol. The topological polar surface area (TPSA) is 66.7 Å². The average molecular weight is 505 g/mol. The van der Waals surface area contributed by atoms with Gasteiger partial charge in [-0.3, -0.25) is 14.0 Å². The lowest BCUT2D eigenvalue weighted by Gasteiger charge is -2.28. The van der Waals surface area contributed by atoms with E-state index in [2.05, 4.69) is 17.2 Å². The predicted molar refractivity (Wildman–Crippen MR) is 138 cm³/mol. The summed E-state index contributed by atoms with van der Waals surface area (Å²) >= 11 is 7.76. The highest BCUT2D eigenvalue weighted by atomic mass is 35.5. The van der Waals surface area contributed by atoms with Gasteiger partial charge in [-0.2, -0.15) is 0 Å². The van der Waals surface area contributed by atoms with E-state index in [0.717, 1.165) is 41.2 Å². The van der Waals surface area contributed by atoms with Gasteiger partial charge in [-0.1, -0.05) is 48.9 Å². The number of aryl methyl sites for hydroxylation is 1. The van der Waals surface area contributed by atoms with E-state index in [9.17, 15) is 9.59 Å². The summed E-state index contributed by atoms with van der Waals surface area (Å²) in [5.41, 5.74) is 4.08. The molecule has 2 aliphatic rings. The molecule has 1 saturated heterocycles. The highest BCUT2D eigenvalue weighted by Crippen LogP contribution is 2.50. The van der Waals surface area contributed by atoms with Gasteiger partial charge in [0.15, 0.2) is 4.96 Å². The van der Waals surface area contributed by atoms with E-state index >= 15 is 0 Å². The van der Waals surface area contributed by atoms with Crippen LogP contribution in [0.5, 0.6) is 0 Å². The molecule has 0 spiro atoms. The molecule has 2 amide bonds. The average Bonchev–Trinajstić information content (AvgIpc) is 3.19. The third kappa shape index (κ3) is 3.93. The lowest BCUT2D eigenvalue weighted by atomic mass is 9.98. The quantitative estimate of drug-likeness (QED) is 0.394. The van der Waals surface area contributed by atoms with E-state index in [1.807, 2.05) is 63.2 Å². The van der Waals surface area contributed by atoms with Crippen LogP contribution in [0, 0.1) is 11.8 Å². The zero-order valence-electron chi connectivity index (χ0n) is 19.3. The van der Waals surface area contributed by atoms with Crippen molar-refractivity contribution in [3.63, 3.8) is 0 Å². The first-order chi connectivity index (χ1) is 17.0. The molecule has 1 N–H and O–H groups in total. The largest absolute Gasteiger partial charge is 0.349 e. The fourth-order valence-corrected chi connectivity index (χ4v) is 6.50. The highest BCUT2D eigenvalue weighted by molar-refractivity contribution is 7.15. The maximum atomic E-state index is 13.8. The SMILES string of the molecule is CCc1csc2ncc(C(=O)NC[C@@H]3[C@H]4C[C@H]4CN3C(=O)c3ccccc3-c3cccc(Cl)c3)n12. The van der Waals surface area contributed by atoms with Crippen molar-refractivity contribution in [2.24, 2.45) is 11.8 Å². The van der Waals surface area contributed by atoms with Gasteiger partial charge in [0.25, 0.3) is 11.8 Å². The van der Waals surface area contributed by atoms with Gasteiger partial charge in [0.2, 0.25) is 0 Å². The van der Waals surface area contributed by atoms with Gasteiger partial charge >= 0.3 is 0 Å². The van der Waals surface area contributed by atoms with Crippen LogP contribution < -0.4 is 5.32 Å². The van der Waals surface area contributed by atoms with Crippen molar-refractivity contribution < 1.29 is 9.59 Å². The van der Waals surface area contributed by atoms with Gasteiger partial charge in [0.1, 0.15) is 5.69 Å². The van der Waals surface area contributed by atoms with E-state index in [1.54, 1.807) is 17.5 Å². The number of imidazole rings is 1. The molecule has 1 aliphatic heterocycles. The highest BCUT2D eigenvalue weighted by Gasteiger charge is 2.54. The van der Waals surface area contributed by atoms with Crippen molar-refractivity contribution in [1.29, 1.82) is 0 Å². The number of benzene rings is 2. The summed E-state index contributed by atoms with van der Waals surface area (Å²) < 4.78 is 1.93. The number of fused-ring (bicyclic) bond motifs is 2. The molecule has 3 heterocycles. The first-order valence-corrected chi connectivity index (χ1v) is 13.2. The van der Waals surface area contributed by atoms with Crippen LogP contribution in [0.3, 0.4) is 0 Å². The van der Waals surface area contributed by atoms with Gasteiger partial charge in [0, 0.05) is 34.7 Å². The molecule has 2 fully saturated rings. The number of carbonyl (C=O) groups excluding carboxylic acids is 2. The zero-order chi connectivity index (χ0) is 24.1. The standard InChI is InChI=1S/C27H25ClN4O2S/c1-2-19-15-35-27-30-13-24(32(19)27)25(33)29-12-23-22-11-17(22)14-31(23)26(34)21-9-4-3-8-20(21)16-6-5-7-18(28)10-16/h3-10,13,15,17,22-23H,2,11-12,14H2,1H3,(H,29,33)/t17-,22-,23+/m0/s1. The van der Waals surface area contributed by atoms with Crippen molar-refractivity contribution in [2.75, 3.05) is 13.1 Å². The van der Waals surface area contributed by atoms with Crippen molar-refractivity contribution in [3.05, 3.63) is 82.1 Å². The molecule has 2 aromatic carbocycles. The number of rotatable bonds is 6. The summed E-state index contributed by atoms with van der Waals surface area (Å²) in [4.78, 5) is 34.0. The molecule has 6 rings (SSSR count). The molecule has 2 aromatic heterocycles. The maximum Gasteiger partial charge on any atom is 0.270 e. The van der Waals surface area contributed by atoms with Crippen molar-refractivity contribution in [1.82, 2.24) is 19.6 Å². The van der Waals surface area contributed by atoms with Gasteiger partial charge in [-0.25, -0.2) is 4.98 Å². The number of hydrogen-bond acceptors (Lipinski definition) is 4. The van der Waals surface area contributed by atoms with Gasteiger partial charge in [0.05, 0.1) is 12.2 Å². The Balaban J connectivity index is 1.23. The number of carbonyl (C=O) groups is 2. The number of aromatic nitrogens is 2. The Morgan fingerprint density at radius 3 is 2.89 bits per heavy atom. The molecular formula is C27H25ClN4O2S. The van der Waals surface area contributed by atoms with Crippen LogP contribution in [0.15, 0.2) is 60.1 Å². The molecule has 178 valence electrons. The summed E-state index contributed by atoms with van der Waals surface area (Å²) in [7, 11) is 0. The normalized spacial score (nSPS) is 20.7. The van der Waals surface area contributed by atoms with Crippen molar-refractivity contribution in [2.45, 2.75) is 25.8 Å². The number of nitrogens with zero attached hydrogens (tertiary/aromatic N) is 3. The van der Waals surface area contributed by atoms with Crippen molar-refractivity contribution >= 4 is 39.7 Å². The molecule has 1 saturated carbocycles. The van der Waals surface area contributed by atoms with Gasteiger partial charge in [-0.15, -0.1) is 11.3 Å². The minimum Gasteiger partial charge on any atom is -0.349 e. The lowest BCUT2D eigenvalue weighted by molar-refractivity contribution is 0.0695. The monoisotopic (exact) mass is 504 g/mol. The number of likely N-dealkylation sites (tertiary alicyclic amines) is 1. The van der Waals surface area contributed by atoms with Crippen LogP contribution in [0.1, 0.15) is 39.9 Å². The van der Waals surface area contributed by atoms with E-state index in [0.29, 0.717) is 34.7 Å². The fraction of sp³-hybridized carbons (Fsp3) is 0.296. The summed E-state index contributed by atoms with van der Waals surface area (Å²) in [5, 5.41) is 5.78. The van der Waals surface area contributed by atoms with E-state index in [4.69, 9.17) is 11.6 Å². The lowest BCUT2D eigenvalue weighted by Crippen LogP contribution is -2.45. The molecule has 1 aliphatic carbocycles. The van der Waals surface area contributed by atoms with E-state index < -0.39 is 0 Å². The van der Waals surface area contributed by atoms with E-state index in [1.165, 1.54) is 0 Å². The van der Waals surface area contributed by atoms with Crippen LogP contribution in [0.2, 0.25) is 5.02 Å². The Kier molecular flexibility index (Phi) is 5.61. The second-order valence-electron chi connectivity index (χ2n) is 9.29. The predicted octanol–water partition coefficient (Wildman–Crippen LogP) is 5.17. The molecule has 4 aromatic rings. The first-order valence-electron chi connectivity index (χ1n) is 11.9. The zero-order valence-corrected chi connectivity index (χ0v) is 20.9. The Hall–Kier alpha value is -3.16. The number of halogens is 1. The molecule has 0 radical (unpaired) electrons. The van der Waals surface area contributed by atoms with Crippen LogP contribution >= 0.6 is 22.9 Å². The molecule has 0 bridgehead atoms. The Morgan fingerprint density at radius 1 is 1.20 bits per heavy atom. The first kappa shape index (κ1) is 22.3. The van der Waals surface area contributed by atoms with Crippen LogP contribution in [-0.4, -0.2) is 45.2 Å². The van der Waals surface area contributed by atoms with Gasteiger partial charge in [-0.05, 0) is 54.0 Å². The summed E-state index contributed by atoms with van der Waals surface area (Å²) in [6, 6.07) is 15.2. The minimum atomic E-state index is -0.151. The number of amides is 2. The molecule has 0 unspecified atom stereocenters. The third-order valence-electron chi connectivity index (χ3n) is 7.24. The van der Waals surface area contributed by atoms with Gasteiger partial charge < -0.3 is 10.2 Å². The summed E-state index contributed by atoms with van der Waals surface area (Å²) in [5.74, 6) is 0.811. The Labute approximate surface area is 212 Å². The number of thiazole rings is 1. The minimum absolute atomic E-state index is 0.00451. The Bertz CT molecular complexity index is 1440. The number of hydrogen-bond donors (Lipinski definition) is 1. The van der Waals surface area contributed by atoms with Crippen molar-refractivity contribution in [3.8, 4) is 11.1 Å². The second-order valence-corrected chi connectivity index (χ2v) is 10.6.